The lowest BCUT2D eigenvalue weighted by Crippen LogP contribution is -2.39. The summed E-state index contributed by atoms with van der Waals surface area (Å²) in [5.41, 5.74) is 1.20. The average Bonchev–Trinajstić information content (AvgIpc) is 3.13. The Morgan fingerprint density at radius 3 is 2.60 bits per heavy atom. The van der Waals surface area contributed by atoms with Crippen molar-refractivity contribution in [2.75, 3.05) is 25.0 Å². The largest absolute Gasteiger partial charge is 0.336 e. The van der Waals surface area contributed by atoms with E-state index < -0.39 is 11.0 Å². The predicted molar refractivity (Wildman–Crippen MR) is 100 cm³/mol. The minimum atomic E-state index is -0.514. The summed E-state index contributed by atoms with van der Waals surface area (Å²) < 4.78 is 0. The van der Waals surface area contributed by atoms with E-state index in [-0.39, 0.29) is 17.4 Å². The first-order chi connectivity index (χ1) is 12.1. The van der Waals surface area contributed by atoms with Crippen LogP contribution in [0, 0.1) is 10.1 Å². The first-order valence-electron chi connectivity index (χ1n) is 8.11. The lowest BCUT2D eigenvalue weighted by Gasteiger charge is -2.29. The van der Waals surface area contributed by atoms with E-state index in [2.05, 4.69) is 40.8 Å². The number of urea groups is 1. The van der Waals surface area contributed by atoms with Crippen LogP contribution in [0.3, 0.4) is 0 Å². The van der Waals surface area contributed by atoms with Crippen LogP contribution in [0.25, 0.3) is 0 Å². The maximum absolute atomic E-state index is 12.2. The van der Waals surface area contributed by atoms with Crippen molar-refractivity contribution in [1.29, 1.82) is 0 Å². The van der Waals surface area contributed by atoms with Crippen LogP contribution in [0.4, 0.5) is 16.2 Å². The zero-order valence-electron chi connectivity index (χ0n) is 14.3. The highest BCUT2D eigenvalue weighted by molar-refractivity contribution is 7.07. The fourth-order valence-electron chi connectivity index (χ4n) is 2.68. The van der Waals surface area contributed by atoms with Crippen molar-refractivity contribution in [2.24, 2.45) is 0 Å². The van der Waals surface area contributed by atoms with Crippen LogP contribution in [0.15, 0.2) is 41.1 Å². The smallest absolute Gasteiger partial charge is 0.319 e. The van der Waals surface area contributed by atoms with Crippen molar-refractivity contribution in [3.8, 4) is 0 Å². The highest BCUT2D eigenvalue weighted by Gasteiger charge is 2.20. The minimum absolute atomic E-state index is 0.0674. The van der Waals surface area contributed by atoms with Crippen LogP contribution >= 0.6 is 11.3 Å². The summed E-state index contributed by atoms with van der Waals surface area (Å²) in [5, 5.41) is 20.5. The van der Waals surface area contributed by atoms with Crippen molar-refractivity contribution in [3.63, 3.8) is 0 Å². The molecule has 0 saturated heterocycles. The molecule has 7 nitrogen and oxygen atoms in total. The Morgan fingerprint density at radius 1 is 1.28 bits per heavy atom. The molecule has 0 saturated carbocycles. The monoisotopic (exact) mass is 362 g/mol. The number of para-hydroxylation sites is 2. The zero-order valence-corrected chi connectivity index (χ0v) is 15.1. The van der Waals surface area contributed by atoms with Crippen molar-refractivity contribution >= 4 is 28.7 Å². The number of nitrogens with zero attached hydrogens (tertiary/aromatic N) is 2. The first-order valence-corrected chi connectivity index (χ1v) is 9.05. The molecule has 2 rings (SSSR count). The number of amides is 2. The number of carbonyl (C=O) groups excluding carboxylic acids is 1. The Kier molecular flexibility index (Phi) is 6.91. The van der Waals surface area contributed by atoms with Gasteiger partial charge in [0.2, 0.25) is 0 Å². The van der Waals surface area contributed by atoms with E-state index in [0.29, 0.717) is 6.54 Å². The van der Waals surface area contributed by atoms with E-state index in [1.165, 1.54) is 12.1 Å². The van der Waals surface area contributed by atoms with Crippen LogP contribution < -0.4 is 10.6 Å². The quantitative estimate of drug-likeness (QED) is 0.551. The number of thiophene rings is 1. The van der Waals surface area contributed by atoms with Gasteiger partial charge >= 0.3 is 6.03 Å². The number of carbonyl (C=O) groups is 1. The van der Waals surface area contributed by atoms with E-state index in [0.717, 1.165) is 18.7 Å². The van der Waals surface area contributed by atoms with Gasteiger partial charge in [-0.25, -0.2) is 4.79 Å². The second-order valence-electron chi connectivity index (χ2n) is 5.40. The third-order valence-electron chi connectivity index (χ3n) is 3.99. The Balaban J connectivity index is 2.03. The van der Waals surface area contributed by atoms with Gasteiger partial charge in [-0.1, -0.05) is 26.0 Å². The molecule has 134 valence electrons. The highest BCUT2D eigenvalue weighted by atomic mass is 32.1. The molecule has 0 aliphatic heterocycles. The van der Waals surface area contributed by atoms with Gasteiger partial charge < -0.3 is 10.6 Å². The minimum Gasteiger partial charge on any atom is -0.336 e. The summed E-state index contributed by atoms with van der Waals surface area (Å²) in [5.74, 6) is 0. The number of hydrogen-bond donors (Lipinski definition) is 2. The Morgan fingerprint density at radius 2 is 2.00 bits per heavy atom. The first kappa shape index (κ1) is 18.9. The molecule has 0 aliphatic rings. The number of nitro benzene ring substituents is 1. The number of rotatable bonds is 8. The number of anilines is 1. The topological polar surface area (TPSA) is 87.5 Å². The van der Waals surface area contributed by atoms with Gasteiger partial charge in [0, 0.05) is 12.6 Å². The van der Waals surface area contributed by atoms with Crippen molar-refractivity contribution in [2.45, 2.75) is 19.9 Å². The zero-order chi connectivity index (χ0) is 18.2. The van der Waals surface area contributed by atoms with Crippen LogP contribution in [0.5, 0.6) is 0 Å². The molecule has 2 aromatic rings. The van der Waals surface area contributed by atoms with Crippen molar-refractivity contribution in [1.82, 2.24) is 10.2 Å². The van der Waals surface area contributed by atoms with E-state index in [4.69, 9.17) is 0 Å². The van der Waals surface area contributed by atoms with E-state index in [1.54, 1.807) is 23.5 Å². The number of likely N-dealkylation sites (N-methyl/N-ethyl adjacent to an activating group) is 1. The van der Waals surface area contributed by atoms with Gasteiger partial charge in [0.15, 0.2) is 0 Å². The van der Waals surface area contributed by atoms with Gasteiger partial charge in [-0.05, 0) is 41.5 Å². The number of benzene rings is 1. The molecule has 1 aromatic carbocycles. The van der Waals surface area contributed by atoms with Crippen LogP contribution in [-0.4, -0.2) is 35.5 Å². The highest BCUT2D eigenvalue weighted by Crippen LogP contribution is 2.24. The van der Waals surface area contributed by atoms with Crippen molar-refractivity contribution < 1.29 is 9.72 Å². The van der Waals surface area contributed by atoms with Crippen LogP contribution in [-0.2, 0) is 0 Å². The molecule has 1 aromatic heterocycles. The molecule has 0 spiro atoms. The third-order valence-corrected chi connectivity index (χ3v) is 4.69. The van der Waals surface area contributed by atoms with Gasteiger partial charge in [0.05, 0.1) is 11.0 Å². The number of hydrogen-bond acceptors (Lipinski definition) is 5. The molecule has 2 amide bonds. The third kappa shape index (κ3) is 5.01. The van der Waals surface area contributed by atoms with E-state index >= 15 is 0 Å². The van der Waals surface area contributed by atoms with E-state index in [9.17, 15) is 14.9 Å². The summed E-state index contributed by atoms with van der Waals surface area (Å²) in [4.78, 5) is 25.0. The standard InChI is InChI=1S/C17H22N4O3S/c1-3-20(4-2)16(13-9-10-25-12-13)11-18-17(22)19-14-7-5-6-8-15(14)21(23)24/h5-10,12,16H,3-4,11H2,1-2H3,(H2,18,19,22). The molecule has 2 N–H and O–H groups in total. The Labute approximate surface area is 150 Å². The molecular formula is C17H22N4O3S. The molecule has 25 heavy (non-hydrogen) atoms. The van der Waals surface area contributed by atoms with Gasteiger partial charge in [-0.3, -0.25) is 15.0 Å². The fraction of sp³-hybridized carbons (Fsp3) is 0.353. The maximum Gasteiger partial charge on any atom is 0.319 e. The lowest BCUT2D eigenvalue weighted by molar-refractivity contribution is -0.383. The van der Waals surface area contributed by atoms with Crippen LogP contribution in [0.2, 0.25) is 0 Å². The Hall–Kier alpha value is -2.45. The second-order valence-corrected chi connectivity index (χ2v) is 6.18. The maximum atomic E-state index is 12.2. The summed E-state index contributed by atoms with van der Waals surface area (Å²) in [6.07, 6.45) is 0. The van der Waals surface area contributed by atoms with Crippen LogP contribution in [0.1, 0.15) is 25.5 Å². The molecule has 1 unspecified atom stereocenters. The fourth-order valence-corrected chi connectivity index (χ4v) is 3.39. The molecule has 1 heterocycles. The molecule has 0 aliphatic carbocycles. The van der Waals surface area contributed by atoms with Gasteiger partial charge in [0.25, 0.3) is 5.69 Å². The number of nitrogens with one attached hydrogen (secondary N) is 2. The van der Waals surface area contributed by atoms with Gasteiger partial charge in [-0.15, -0.1) is 0 Å². The Bertz CT molecular complexity index is 702. The van der Waals surface area contributed by atoms with Gasteiger partial charge in [0.1, 0.15) is 5.69 Å². The summed E-state index contributed by atoms with van der Waals surface area (Å²) in [6.45, 7) is 6.31. The summed E-state index contributed by atoms with van der Waals surface area (Å²) in [7, 11) is 0. The normalized spacial score (nSPS) is 12.0. The molecule has 0 radical (unpaired) electrons. The van der Waals surface area contributed by atoms with Crippen molar-refractivity contribution in [3.05, 3.63) is 56.8 Å². The van der Waals surface area contributed by atoms with Gasteiger partial charge in [-0.2, -0.15) is 11.3 Å². The molecule has 0 bridgehead atoms. The molecule has 1 atom stereocenters. The average molecular weight is 362 g/mol. The lowest BCUT2D eigenvalue weighted by atomic mass is 10.1. The molecular weight excluding hydrogens is 340 g/mol. The molecule has 0 fully saturated rings. The molecule has 8 heteroatoms. The van der Waals surface area contributed by atoms with E-state index in [1.807, 2.05) is 5.38 Å². The summed E-state index contributed by atoms with van der Waals surface area (Å²) >= 11 is 1.62. The predicted octanol–water partition coefficient (Wildman–Crippen LogP) is 3.86. The SMILES string of the molecule is CCN(CC)C(CNC(=O)Nc1ccccc1[N+](=O)[O-])c1ccsc1. The summed E-state index contributed by atoms with van der Waals surface area (Å²) in [6, 6.07) is 7.74. The number of nitro groups is 1. The second kappa shape index (κ2) is 9.14.